The van der Waals surface area contributed by atoms with Crippen LogP contribution in [0.1, 0.15) is 5.56 Å². The summed E-state index contributed by atoms with van der Waals surface area (Å²) < 4.78 is 15.2. The molecule has 2 aromatic carbocycles. The number of carbonyl (C=O) groups excluding carboxylic acids is 2. The Morgan fingerprint density at radius 3 is 2.60 bits per heavy atom. The standard InChI is InChI=1S/C20H16N2O8/c1-12-8-14(22(26)27)4-6-16(12)21-18(23)10-29-20(25)11-28-15-5-2-13-3-7-19(24)30-17(13)9-15/h2-9H,10-11H2,1H3,(H,21,23). The number of benzene rings is 2. The number of carbonyl (C=O) groups is 2. The fourth-order valence-electron chi connectivity index (χ4n) is 2.55. The van der Waals surface area contributed by atoms with E-state index in [0.29, 0.717) is 28.0 Å². The summed E-state index contributed by atoms with van der Waals surface area (Å²) >= 11 is 0. The third kappa shape index (κ3) is 5.19. The van der Waals surface area contributed by atoms with Crippen LogP contribution in [0.3, 0.4) is 0 Å². The van der Waals surface area contributed by atoms with Crippen molar-refractivity contribution in [3.8, 4) is 5.75 Å². The largest absolute Gasteiger partial charge is 0.482 e. The molecular formula is C20H16N2O8. The van der Waals surface area contributed by atoms with Gasteiger partial charge in [-0.3, -0.25) is 14.9 Å². The van der Waals surface area contributed by atoms with Gasteiger partial charge >= 0.3 is 11.6 Å². The fraction of sp³-hybridized carbons (Fsp3) is 0.150. The number of nitro groups is 1. The van der Waals surface area contributed by atoms with Gasteiger partial charge in [-0.15, -0.1) is 0 Å². The highest BCUT2D eigenvalue weighted by Gasteiger charge is 2.12. The number of amides is 1. The molecule has 3 aromatic rings. The van der Waals surface area contributed by atoms with Gasteiger partial charge in [0.05, 0.1) is 4.92 Å². The van der Waals surface area contributed by atoms with Crippen molar-refractivity contribution < 1.29 is 28.4 Å². The van der Waals surface area contributed by atoms with Gasteiger partial charge in [-0.1, -0.05) is 0 Å². The van der Waals surface area contributed by atoms with E-state index in [-0.39, 0.29) is 5.69 Å². The van der Waals surface area contributed by atoms with Gasteiger partial charge in [-0.05, 0) is 36.8 Å². The van der Waals surface area contributed by atoms with E-state index >= 15 is 0 Å². The predicted molar refractivity (Wildman–Crippen MR) is 105 cm³/mol. The molecule has 154 valence electrons. The first-order valence-corrected chi connectivity index (χ1v) is 8.69. The molecule has 0 aliphatic carbocycles. The Balaban J connectivity index is 1.49. The average Bonchev–Trinajstić information content (AvgIpc) is 2.71. The van der Waals surface area contributed by atoms with E-state index in [2.05, 4.69) is 5.32 Å². The Kier molecular flexibility index (Phi) is 6.06. The van der Waals surface area contributed by atoms with Crippen molar-refractivity contribution in [2.75, 3.05) is 18.5 Å². The number of anilines is 1. The smallest absolute Gasteiger partial charge is 0.344 e. The molecule has 0 radical (unpaired) electrons. The molecule has 0 saturated heterocycles. The van der Waals surface area contributed by atoms with Crippen molar-refractivity contribution in [1.82, 2.24) is 0 Å². The second-order valence-corrected chi connectivity index (χ2v) is 6.21. The predicted octanol–water partition coefficient (Wildman–Crippen LogP) is 2.57. The molecule has 0 saturated carbocycles. The molecule has 0 unspecified atom stereocenters. The second kappa shape index (κ2) is 8.86. The van der Waals surface area contributed by atoms with Gasteiger partial charge in [0.15, 0.2) is 13.2 Å². The molecule has 1 amide bonds. The van der Waals surface area contributed by atoms with E-state index in [4.69, 9.17) is 13.9 Å². The number of ether oxygens (including phenoxy) is 2. The molecular weight excluding hydrogens is 396 g/mol. The lowest BCUT2D eigenvalue weighted by Gasteiger charge is -2.09. The van der Waals surface area contributed by atoms with Crippen LogP contribution in [0.4, 0.5) is 11.4 Å². The molecule has 10 nitrogen and oxygen atoms in total. The van der Waals surface area contributed by atoms with Crippen LogP contribution in [0.25, 0.3) is 11.0 Å². The minimum atomic E-state index is -0.778. The Labute approximate surface area is 169 Å². The van der Waals surface area contributed by atoms with E-state index in [1.165, 1.54) is 30.3 Å². The zero-order valence-electron chi connectivity index (χ0n) is 15.7. The maximum atomic E-state index is 11.9. The van der Waals surface area contributed by atoms with Crippen molar-refractivity contribution >= 4 is 34.2 Å². The van der Waals surface area contributed by atoms with Gasteiger partial charge in [0, 0.05) is 35.3 Å². The SMILES string of the molecule is Cc1cc([N+](=O)[O-])ccc1NC(=O)COC(=O)COc1ccc2ccc(=O)oc2c1. The van der Waals surface area contributed by atoms with Gasteiger partial charge in [0.2, 0.25) is 0 Å². The second-order valence-electron chi connectivity index (χ2n) is 6.21. The number of nitrogens with zero attached hydrogens (tertiary/aromatic N) is 1. The van der Waals surface area contributed by atoms with E-state index in [1.54, 1.807) is 25.1 Å². The van der Waals surface area contributed by atoms with Crippen LogP contribution >= 0.6 is 0 Å². The zero-order valence-corrected chi connectivity index (χ0v) is 15.7. The number of esters is 1. The summed E-state index contributed by atoms with van der Waals surface area (Å²) in [5.41, 5.74) is 0.576. The van der Waals surface area contributed by atoms with Crippen LogP contribution in [-0.2, 0) is 14.3 Å². The van der Waals surface area contributed by atoms with Gasteiger partial charge in [0.25, 0.3) is 11.6 Å². The topological polar surface area (TPSA) is 138 Å². The molecule has 10 heteroatoms. The van der Waals surface area contributed by atoms with Crippen LogP contribution < -0.4 is 15.7 Å². The maximum absolute atomic E-state index is 11.9. The Hall–Kier alpha value is -4.21. The zero-order chi connectivity index (χ0) is 21.7. The number of hydrogen-bond acceptors (Lipinski definition) is 8. The van der Waals surface area contributed by atoms with Crippen molar-refractivity contribution in [3.63, 3.8) is 0 Å². The van der Waals surface area contributed by atoms with Crippen LogP contribution in [0.15, 0.2) is 57.7 Å². The molecule has 0 aliphatic rings. The molecule has 3 rings (SSSR count). The van der Waals surface area contributed by atoms with E-state index in [0.717, 1.165) is 0 Å². The van der Waals surface area contributed by atoms with Crippen LogP contribution in [0.5, 0.6) is 5.75 Å². The van der Waals surface area contributed by atoms with Crippen molar-refractivity contribution in [2.24, 2.45) is 0 Å². The number of rotatable bonds is 7. The summed E-state index contributed by atoms with van der Waals surface area (Å²) in [7, 11) is 0. The lowest BCUT2D eigenvalue weighted by molar-refractivity contribution is -0.384. The molecule has 1 heterocycles. The highest BCUT2D eigenvalue weighted by molar-refractivity contribution is 5.93. The lowest BCUT2D eigenvalue weighted by Crippen LogP contribution is -2.24. The first-order valence-electron chi connectivity index (χ1n) is 8.69. The molecule has 0 bridgehead atoms. The summed E-state index contributed by atoms with van der Waals surface area (Å²) in [5.74, 6) is -1.09. The van der Waals surface area contributed by atoms with Crippen LogP contribution in [0, 0.1) is 17.0 Å². The van der Waals surface area contributed by atoms with Crippen LogP contribution in [0.2, 0.25) is 0 Å². The quantitative estimate of drug-likeness (QED) is 0.270. The molecule has 0 spiro atoms. The summed E-state index contributed by atoms with van der Waals surface area (Å²) in [4.78, 5) is 45.2. The Bertz CT molecular complexity index is 1180. The normalized spacial score (nSPS) is 10.4. The van der Waals surface area contributed by atoms with Gasteiger partial charge < -0.3 is 19.2 Å². The van der Waals surface area contributed by atoms with Gasteiger partial charge in [-0.2, -0.15) is 0 Å². The maximum Gasteiger partial charge on any atom is 0.344 e. The summed E-state index contributed by atoms with van der Waals surface area (Å²) in [6.45, 7) is 0.603. The minimum absolute atomic E-state index is 0.0953. The third-order valence-electron chi connectivity index (χ3n) is 4.01. The van der Waals surface area contributed by atoms with Crippen LogP contribution in [-0.4, -0.2) is 30.0 Å². The molecule has 0 fully saturated rings. The third-order valence-corrected chi connectivity index (χ3v) is 4.01. The van der Waals surface area contributed by atoms with Gasteiger partial charge in [0.1, 0.15) is 11.3 Å². The minimum Gasteiger partial charge on any atom is -0.482 e. The van der Waals surface area contributed by atoms with Crippen molar-refractivity contribution in [2.45, 2.75) is 6.92 Å². The highest BCUT2D eigenvalue weighted by atomic mass is 16.6. The summed E-state index contributed by atoms with van der Waals surface area (Å²) in [5, 5.41) is 13.9. The number of nitro benzene ring substituents is 1. The summed E-state index contributed by atoms with van der Waals surface area (Å²) in [6.07, 6.45) is 0. The number of non-ortho nitro benzene ring substituents is 1. The lowest BCUT2D eigenvalue weighted by atomic mass is 10.2. The molecule has 30 heavy (non-hydrogen) atoms. The Morgan fingerprint density at radius 1 is 1.10 bits per heavy atom. The molecule has 0 atom stereocenters. The fourth-order valence-corrected chi connectivity index (χ4v) is 2.55. The van der Waals surface area contributed by atoms with E-state index < -0.39 is 35.6 Å². The highest BCUT2D eigenvalue weighted by Crippen LogP contribution is 2.21. The number of hydrogen-bond donors (Lipinski definition) is 1. The Morgan fingerprint density at radius 2 is 1.87 bits per heavy atom. The molecule has 0 aliphatic heterocycles. The van der Waals surface area contributed by atoms with Crippen molar-refractivity contribution in [1.29, 1.82) is 0 Å². The number of fused-ring (bicyclic) bond motifs is 1. The van der Waals surface area contributed by atoms with Gasteiger partial charge in [-0.25, -0.2) is 9.59 Å². The van der Waals surface area contributed by atoms with E-state index in [9.17, 15) is 24.5 Å². The molecule has 1 aromatic heterocycles. The van der Waals surface area contributed by atoms with E-state index in [1.807, 2.05) is 0 Å². The molecule has 1 N–H and O–H groups in total. The number of aryl methyl sites for hydroxylation is 1. The monoisotopic (exact) mass is 412 g/mol. The summed E-state index contributed by atoms with van der Waals surface area (Å²) in [6, 6.07) is 11.6. The average molecular weight is 412 g/mol. The van der Waals surface area contributed by atoms with Crippen molar-refractivity contribution in [3.05, 3.63) is 74.6 Å². The number of nitrogens with one attached hydrogen (secondary N) is 1. The first kappa shape index (κ1) is 20.5. The first-order chi connectivity index (χ1) is 14.3.